The fraction of sp³-hybridized carbons (Fsp3) is 0.250. The molecule has 0 amide bonds. The molecule has 0 unspecified atom stereocenters. The van der Waals surface area contributed by atoms with E-state index in [0.29, 0.717) is 5.69 Å². The van der Waals surface area contributed by atoms with Gasteiger partial charge in [-0.3, -0.25) is 14.9 Å². The van der Waals surface area contributed by atoms with Crippen LogP contribution in [0, 0.1) is 24.0 Å². The van der Waals surface area contributed by atoms with Crippen molar-refractivity contribution in [2.45, 2.75) is 27.4 Å². The quantitative estimate of drug-likeness (QED) is 0.516. The van der Waals surface area contributed by atoms with Crippen LogP contribution in [0.25, 0.3) is 0 Å². The summed E-state index contributed by atoms with van der Waals surface area (Å²) in [6, 6.07) is 8.55. The Bertz CT molecular complexity index is 742. The zero-order valence-electron chi connectivity index (χ0n) is 13.1. The van der Waals surface area contributed by atoms with Gasteiger partial charge in [0.25, 0.3) is 0 Å². The molecule has 0 bridgehead atoms. The zero-order valence-corrected chi connectivity index (χ0v) is 13.1. The molecule has 0 radical (unpaired) electrons. The van der Waals surface area contributed by atoms with E-state index in [0.717, 1.165) is 16.8 Å². The van der Waals surface area contributed by atoms with Gasteiger partial charge in [-0.25, -0.2) is 4.98 Å². The van der Waals surface area contributed by atoms with Crippen molar-refractivity contribution < 1.29 is 14.5 Å². The number of carbonyl (C=O) groups excluding carboxylic acids is 1. The van der Waals surface area contributed by atoms with Gasteiger partial charge < -0.3 is 10.1 Å². The molecule has 1 N–H and O–H groups in total. The fourth-order valence-corrected chi connectivity index (χ4v) is 1.93. The number of ether oxygens (including phenoxy) is 1. The molecule has 0 aliphatic rings. The molecule has 1 heterocycles. The lowest BCUT2D eigenvalue weighted by Crippen LogP contribution is -2.03. The summed E-state index contributed by atoms with van der Waals surface area (Å²) in [5.41, 5.74) is 2.91. The van der Waals surface area contributed by atoms with Gasteiger partial charge in [-0.1, -0.05) is 12.1 Å². The Kier molecular flexibility index (Phi) is 4.90. The van der Waals surface area contributed by atoms with Crippen LogP contribution in [0.3, 0.4) is 0 Å². The topological polar surface area (TPSA) is 94.4 Å². The lowest BCUT2D eigenvalue weighted by molar-refractivity contribution is -0.384. The summed E-state index contributed by atoms with van der Waals surface area (Å²) in [6.07, 6.45) is 0. The molecule has 0 fully saturated rings. The summed E-state index contributed by atoms with van der Waals surface area (Å²) in [5, 5.41) is 14.1. The van der Waals surface area contributed by atoms with Crippen molar-refractivity contribution in [3.63, 3.8) is 0 Å². The molecule has 0 saturated heterocycles. The summed E-state index contributed by atoms with van der Waals surface area (Å²) in [6.45, 7) is 5.12. The van der Waals surface area contributed by atoms with Gasteiger partial charge >= 0.3 is 11.7 Å². The second-order valence-electron chi connectivity index (χ2n) is 5.12. The smallest absolute Gasteiger partial charge is 0.312 e. The zero-order chi connectivity index (χ0) is 17.0. The van der Waals surface area contributed by atoms with Crippen molar-refractivity contribution in [2.24, 2.45) is 0 Å². The average Bonchev–Trinajstić information content (AvgIpc) is 2.49. The largest absolute Gasteiger partial charge is 0.461 e. The Hall–Kier alpha value is -2.96. The Morgan fingerprint density at radius 3 is 2.52 bits per heavy atom. The number of anilines is 2. The Morgan fingerprint density at radius 1 is 1.30 bits per heavy atom. The van der Waals surface area contributed by atoms with Crippen LogP contribution in [0.4, 0.5) is 17.2 Å². The number of hydrogen-bond donors (Lipinski definition) is 1. The lowest BCUT2D eigenvalue weighted by Gasteiger charge is -2.09. The summed E-state index contributed by atoms with van der Waals surface area (Å²) >= 11 is 0. The minimum Gasteiger partial charge on any atom is -0.461 e. The van der Waals surface area contributed by atoms with Crippen molar-refractivity contribution in [2.75, 3.05) is 5.32 Å². The second kappa shape index (κ2) is 6.87. The van der Waals surface area contributed by atoms with Crippen molar-refractivity contribution in [3.05, 3.63) is 57.3 Å². The molecule has 0 aliphatic heterocycles. The highest BCUT2D eigenvalue weighted by molar-refractivity contribution is 5.67. The SMILES string of the molecule is CC(=O)OCc1ccc(Nc2nc(C)c(C)cc2[N+](=O)[O-])cc1. The number of esters is 1. The van der Waals surface area contributed by atoms with Crippen molar-refractivity contribution in [1.82, 2.24) is 4.98 Å². The summed E-state index contributed by atoms with van der Waals surface area (Å²) in [5.74, 6) is -0.145. The van der Waals surface area contributed by atoms with Gasteiger partial charge in [0.05, 0.1) is 4.92 Å². The van der Waals surface area contributed by atoms with Gasteiger partial charge in [-0.15, -0.1) is 0 Å². The van der Waals surface area contributed by atoms with Gasteiger partial charge in [-0.2, -0.15) is 0 Å². The number of aromatic nitrogens is 1. The van der Waals surface area contributed by atoms with E-state index in [1.807, 2.05) is 0 Å². The lowest BCUT2D eigenvalue weighted by atomic mass is 10.2. The van der Waals surface area contributed by atoms with E-state index < -0.39 is 4.92 Å². The van der Waals surface area contributed by atoms with Crippen molar-refractivity contribution in [1.29, 1.82) is 0 Å². The number of nitrogens with zero attached hydrogens (tertiary/aromatic N) is 2. The number of pyridine rings is 1. The van der Waals surface area contributed by atoms with E-state index in [1.165, 1.54) is 13.0 Å². The number of benzene rings is 1. The van der Waals surface area contributed by atoms with E-state index >= 15 is 0 Å². The first-order chi connectivity index (χ1) is 10.9. The Morgan fingerprint density at radius 2 is 1.96 bits per heavy atom. The molecule has 0 spiro atoms. The van der Waals surface area contributed by atoms with Crippen LogP contribution in [0.1, 0.15) is 23.7 Å². The van der Waals surface area contributed by atoms with Crippen LogP contribution in [-0.4, -0.2) is 15.9 Å². The third kappa shape index (κ3) is 4.26. The molecule has 0 atom stereocenters. The molecule has 2 rings (SSSR count). The highest BCUT2D eigenvalue weighted by atomic mass is 16.6. The molecule has 7 heteroatoms. The Balaban J connectivity index is 2.20. The van der Waals surface area contributed by atoms with Crippen molar-refractivity contribution >= 4 is 23.2 Å². The predicted molar refractivity (Wildman–Crippen MR) is 85.6 cm³/mol. The van der Waals surface area contributed by atoms with E-state index in [9.17, 15) is 14.9 Å². The number of nitro groups is 1. The molecule has 1 aromatic heterocycles. The highest BCUT2D eigenvalue weighted by Crippen LogP contribution is 2.27. The molecule has 0 saturated carbocycles. The maximum atomic E-state index is 11.2. The normalized spacial score (nSPS) is 10.2. The molecule has 7 nitrogen and oxygen atoms in total. The summed E-state index contributed by atoms with van der Waals surface area (Å²) in [4.78, 5) is 25.7. The van der Waals surface area contributed by atoms with E-state index in [-0.39, 0.29) is 24.1 Å². The first-order valence-corrected chi connectivity index (χ1v) is 6.99. The maximum absolute atomic E-state index is 11.2. The van der Waals surface area contributed by atoms with Gasteiger partial charge in [0.2, 0.25) is 5.82 Å². The monoisotopic (exact) mass is 315 g/mol. The molecular formula is C16H17N3O4. The second-order valence-corrected chi connectivity index (χ2v) is 5.12. The molecule has 1 aromatic carbocycles. The van der Waals surface area contributed by atoms with Crippen LogP contribution in [0.15, 0.2) is 30.3 Å². The maximum Gasteiger partial charge on any atom is 0.312 e. The van der Waals surface area contributed by atoms with Gasteiger partial charge in [0, 0.05) is 24.4 Å². The number of rotatable bonds is 5. The van der Waals surface area contributed by atoms with Crippen LogP contribution in [0.5, 0.6) is 0 Å². The summed E-state index contributed by atoms with van der Waals surface area (Å²) in [7, 11) is 0. The highest BCUT2D eigenvalue weighted by Gasteiger charge is 2.17. The van der Waals surface area contributed by atoms with Gasteiger partial charge in [0.1, 0.15) is 6.61 Å². The Labute approximate surface area is 133 Å². The fourth-order valence-electron chi connectivity index (χ4n) is 1.93. The third-order valence-corrected chi connectivity index (χ3v) is 3.30. The number of aryl methyl sites for hydroxylation is 2. The molecule has 23 heavy (non-hydrogen) atoms. The van der Waals surface area contributed by atoms with Crippen LogP contribution < -0.4 is 5.32 Å². The average molecular weight is 315 g/mol. The predicted octanol–water partition coefficient (Wildman–Crippen LogP) is 3.41. The third-order valence-electron chi connectivity index (χ3n) is 3.30. The summed E-state index contributed by atoms with van der Waals surface area (Å²) < 4.78 is 4.90. The van der Waals surface area contributed by atoms with Crippen molar-refractivity contribution in [3.8, 4) is 0 Å². The molecule has 0 aliphatic carbocycles. The molecule has 2 aromatic rings. The number of carbonyl (C=O) groups is 1. The van der Waals surface area contributed by atoms with Crippen LogP contribution in [0.2, 0.25) is 0 Å². The van der Waals surface area contributed by atoms with E-state index in [2.05, 4.69) is 10.3 Å². The van der Waals surface area contributed by atoms with E-state index in [1.54, 1.807) is 38.1 Å². The van der Waals surface area contributed by atoms with Crippen LogP contribution in [-0.2, 0) is 16.1 Å². The number of nitrogens with one attached hydrogen (secondary N) is 1. The first-order valence-electron chi connectivity index (χ1n) is 6.99. The molecule has 120 valence electrons. The minimum absolute atomic E-state index is 0.0721. The minimum atomic E-state index is -0.461. The first kappa shape index (κ1) is 16.4. The van der Waals surface area contributed by atoms with Gasteiger partial charge in [0.15, 0.2) is 0 Å². The standard InChI is InChI=1S/C16H17N3O4/c1-10-8-15(19(21)22)16(17-11(10)2)18-14-6-4-13(5-7-14)9-23-12(3)20/h4-8H,9H2,1-3H3,(H,17,18). The van der Waals surface area contributed by atoms with Crippen LogP contribution >= 0.6 is 0 Å². The molecular weight excluding hydrogens is 298 g/mol. The van der Waals surface area contributed by atoms with Gasteiger partial charge in [-0.05, 0) is 37.1 Å². The van der Waals surface area contributed by atoms with E-state index in [4.69, 9.17) is 4.74 Å². The number of hydrogen-bond acceptors (Lipinski definition) is 6.